The first kappa shape index (κ1) is 26.2. The number of aliphatic hydroxyl groups excluding tert-OH is 1. The van der Waals surface area contributed by atoms with Crippen LogP contribution in [-0.2, 0) is 4.79 Å². The van der Waals surface area contributed by atoms with Crippen LogP contribution in [0.5, 0.6) is 11.5 Å². The molecule has 3 aliphatic heterocycles. The Hall–Kier alpha value is -1.83. The van der Waals surface area contributed by atoms with Crippen molar-refractivity contribution in [3.05, 3.63) is 23.8 Å². The lowest BCUT2D eigenvalue weighted by atomic mass is 10.00. The van der Waals surface area contributed by atoms with Gasteiger partial charge in [0.25, 0.3) is 0 Å². The van der Waals surface area contributed by atoms with Crippen LogP contribution in [0.3, 0.4) is 0 Å². The van der Waals surface area contributed by atoms with Crippen LogP contribution >= 0.6 is 0 Å². The van der Waals surface area contributed by atoms with Crippen LogP contribution in [0.4, 0.5) is 0 Å². The maximum absolute atomic E-state index is 12.9. The Bertz CT molecular complexity index is 798. The summed E-state index contributed by atoms with van der Waals surface area (Å²) in [6.45, 7) is 8.43. The van der Waals surface area contributed by atoms with E-state index in [2.05, 4.69) is 22.0 Å². The van der Waals surface area contributed by atoms with Crippen LogP contribution in [0, 0.1) is 0 Å². The topological polar surface area (TPSA) is 74.3 Å². The van der Waals surface area contributed by atoms with Crippen molar-refractivity contribution in [3.63, 3.8) is 0 Å². The Balaban J connectivity index is 1.41. The molecule has 3 aliphatic rings. The zero-order valence-corrected chi connectivity index (χ0v) is 21.6. The molecule has 3 unspecified atom stereocenters. The second-order valence-corrected chi connectivity index (χ2v) is 10.5. The molecule has 0 bridgehead atoms. The molecule has 7 nitrogen and oxygen atoms in total. The van der Waals surface area contributed by atoms with Gasteiger partial charge >= 0.3 is 0 Å². The van der Waals surface area contributed by atoms with Gasteiger partial charge in [-0.2, -0.15) is 0 Å². The fourth-order valence-corrected chi connectivity index (χ4v) is 5.73. The lowest BCUT2D eigenvalue weighted by Crippen LogP contribution is -2.50. The molecule has 1 aromatic carbocycles. The average Bonchev–Trinajstić information content (AvgIpc) is 3.55. The van der Waals surface area contributed by atoms with Gasteiger partial charge in [0.05, 0.1) is 6.04 Å². The Morgan fingerprint density at radius 2 is 1.83 bits per heavy atom. The molecular weight excluding hydrogens is 442 g/mol. The molecule has 1 aromatic rings. The highest BCUT2D eigenvalue weighted by Crippen LogP contribution is 2.34. The van der Waals surface area contributed by atoms with Crippen molar-refractivity contribution in [1.29, 1.82) is 0 Å². The Labute approximate surface area is 211 Å². The van der Waals surface area contributed by atoms with Gasteiger partial charge in [-0.1, -0.05) is 38.7 Å². The number of aliphatic hydroxyl groups is 1. The number of amides is 1. The highest BCUT2D eigenvalue weighted by atomic mass is 16.6. The van der Waals surface area contributed by atoms with Crippen LogP contribution in [-0.4, -0.2) is 78.8 Å². The summed E-state index contributed by atoms with van der Waals surface area (Å²) in [5.74, 6) is 1.42. The lowest BCUT2D eigenvalue weighted by molar-refractivity contribution is -0.123. The third kappa shape index (κ3) is 7.58. The molecular formula is C28H45N3O4. The summed E-state index contributed by atoms with van der Waals surface area (Å²) < 4.78 is 11.4. The Morgan fingerprint density at radius 3 is 2.63 bits per heavy atom. The first-order valence-electron chi connectivity index (χ1n) is 14.0. The van der Waals surface area contributed by atoms with Gasteiger partial charge in [-0.05, 0) is 69.4 Å². The number of nitrogens with zero attached hydrogens (tertiary/aromatic N) is 2. The largest absolute Gasteiger partial charge is 0.486 e. The minimum absolute atomic E-state index is 0.0402. The van der Waals surface area contributed by atoms with E-state index in [1.54, 1.807) is 0 Å². The van der Waals surface area contributed by atoms with Gasteiger partial charge < -0.3 is 24.8 Å². The number of carbonyl (C=O) groups excluding carboxylic acids is 1. The number of hydrogen-bond donors (Lipinski definition) is 2. The predicted molar refractivity (Wildman–Crippen MR) is 138 cm³/mol. The molecule has 0 saturated carbocycles. The smallest absolute Gasteiger partial charge is 0.220 e. The molecule has 0 aliphatic carbocycles. The number of nitrogens with one attached hydrogen (secondary N) is 1. The predicted octanol–water partition coefficient (Wildman–Crippen LogP) is 3.90. The number of hydrogen-bond acceptors (Lipinski definition) is 6. The van der Waals surface area contributed by atoms with Gasteiger partial charge in [-0.25, -0.2) is 0 Å². The van der Waals surface area contributed by atoms with E-state index in [0.29, 0.717) is 43.7 Å². The molecule has 0 spiro atoms. The molecule has 0 aromatic heterocycles. The zero-order valence-electron chi connectivity index (χ0n) is 21.6. The van der Waals surface area contributed by atoms with Crippen molar-refractivity contribution in [1.82, 2.24) is 15.1 Å². The van der Waals surface area contributed by atoms with Gasteiger partial charge in [0.2, 0.25) is 5.91 Å². The van der Waals surface area contributed by atoms with Crippen LogP contribution in [0.2, 0.25) is 0 Å². The highest BCUT2D eigenvalue weighted by molar-refractivity contribution is 5.76. The number of carbonyl (C=O) groups is 1. The summed E-state index contributed by atoms with van der Waals surface area (Å²) in [7, 11) is 0. The van der Waals surface area contributed by atoms with Crippen molar-refractivity contribution >= 4 is 5.91 Å². The first-order chi connectivity index (χ1) is 17.1. The number of fused-ring (bicyclic) bond motifs is 1. The molecule has 2 saturated heterocycles. The maximum atomic E-state index is 12.9. The van der Waals surface area contributed by atoms with Crippen LogP contribution in [0.1, 0.15) is 82.8 Å². The van der Waals surface area contributed by atoms with E-state index in [0.717, 1.165) is 31.5 Å². The fraction of sp³-hybridized carbons (Fsp3) is 0.750. The second-order valence-electron chi connectivity index (χ2n) is 10.5. The number of likely N-dealkylation sites (tertiary alicyclic amines) is 2. The monoisotopic (exact) mass is 487 g/mol. The van der Waals surface area contributed by atoms with Crippen molar-refractivity contribution in [3.8, 4) is 11.5 Å². The lowest BCUT2D eigenvalue weighted by Gasteiger charge is -2.34. The van der Waals surface area contributed by atoms with Crippen molar-refractivity contribution in [2.24, 2.45) is 0 Å². The van der Waals surface area contributed by atoms with Crippen LogP contribution in [0.15, 0.2) is 18.2 Å². The fourth-order valence-electron chi connectivity index (χ4n) is 5.73. The van der Waals surface area contributed by atoms with Crippen LogP contribution < -0.4 is 14.8 Å². The molecule has 0 radical (unpaired) electrons. The minimum Gasteiger partial charge on any atom is -0.486 e. The van der Waals surface area contributed by atoms with Crippen molar-refractivity contribution in [2.45, 2.75) is 89.3 Å². The molecule has 1 amide bonds. The zero-order chi connectivity index (χ0) is 24.5. The quantitative estimate of drug-likeness (QED) is 0.411. The minimum atomic E-state index is -0.803. The first-order valence-corrected chi connectivity index (χ1v) is 14.0. The molecule has 2 N–H and O–H groups in total. The van der Waals surface area contributed by atoms with Crippen molar-refractivity contribution in [2.75, 3.05) is 45.9 Å². The average molecular weight is 488 g/mol. The van der Waals surface area contributed by atoms with Gasteiger partial charge in [0.15, 0.2) is 11.5 Å². The van der Waals surface area contributed by atoms with Gasteiger partial charge in [-0.3, -0.25) is 9.69 Å². The standard InChI is InChI=1S/C28H45N3O4/c1-2-3-4-5-6-11-27(32)29-24(21-31-16-9-10-23(31)20-30-14-7-8-15-30)28(33)22-12-13-25-26(19-22)35-18-17-34-25/h12-13,19,23-24,28,33H,2-11,14-18,20-21H2,1H3,(H,29,32). The molecule has 3 atom stereocenters. The normalized spacial score (nSPS) is 22.3. The number of benzene rings is 1. The third-order valence-corrected chi connectivity index (χ3v) is 7.74. The van der Waals surface area contributed by atoms with E-state index in [-0.39, 0.29) is 11.9 Å². The highest BCUT2D eigenvalue weighted by Gasteiger charge is 2.33. The number of rotatable bonds is 13. The van der Waals surface area contributed by atoms with E-state index in [4.69, 9.17) is 9.47 Å². The van der Waals surface area contributed by atoms with E-state index >= 15 is 0 Å². The second kappa shape index (κ2) is 13.5. The summed E-state index contributed by atoms with van der Waals surface area (Å²) in [6.07, 6.45) is 10.3. The van der Waals surface area contributed by atoms with Crippen molar-refractivity contribution < 1.29 is 19.4 Å². The number of ether oxygens (including phenoxy) is 2. The molecule has 3 heterocycles. The summed E-state index contributed by atoms with van der Waals surface area (Å²) >= 11 is 0. The van der Waals surface area contributed by atoms with E-state index in [1.807, 2.05) is 18.2 Å². The van der Waals surface area contributed by atoms with E-state index in [1.165, 1.54) is 58.0 Å². The summed E-state index contributed by atoms with van der Waals surface area (Å²) in [4.78, 5) is 18.0. The van der Waals surface area contributed by atoms with Crippen LogP contribution in [0.25, 0.3) is 0 Å². The molecule has 7 heteroatoms. The number of unbranched alkanes of at least 4 members (excludes halogenated alkanes) is 4. The molecule has 2 fully saturated rings. The Kier molecular flexibility index (Phi) is 10.1. The maximum Gasteiger partial charge on any atom is 0.220 e. The SMILES string of the molecule is CCCCCCCC(=O)NC(CN1CCCC1CN1CCCC1)C(O)c1ccc2c(c1)OCCO2. The summed E-state index contributed by atoms with van der Waals surface area (Å²) in [6, 6.07) is 5.77. The van der Waals surface area contributed by atoms with Gasteiger partial charge in [0, 0.05) is 25.6 Å². The molecule has 4 rings (SSSR count). The summed E-state index contributed by atoms with van der Waals surface area (Å²) in [5, 5.41) is 14.7. The Morgan fingerprint density at radius 1 is 1.06 bits per heavy atom. The van der Waals surface area contributed by atoms with E-state index < -0.39 is 6.10 Å². The molecule has 196 valence electrons. The molecule has 35 heavy (non-hydrogen) atoms. The van der Waals surface area contributed by atoms with Gasteiger partial charge in [-0.15, -0.1) is 0 Å². The van der Waals surface area contributed by atoms with Gasteiger partial charge in [0.1, 0.15) is 19.3 Å². The summed E-state index contributed by atoms with van der Waals surface area (Å²) in [5.41, 5.74) is 0.762. The van der Waals surface area contributed by atoms with E-state index in [9.17, 15) is 9.90 Å². The third-order valence-electron chi connectivity index (χ3n) is 7.74.